The molecule has 0 bridgehead atoms. The predicted octanol–water partition coefficient (Wildman–Crippen LogP) is 3.96. The number of fused-ring (bicyclic) bond motifs is 1. The van der Waals surface area contributed by atoms with Crippen molar-refractivity contribution in [3.05, 3.63) is 40.0 Å². The summed E-state index contributed by atoms with van der Waals surface area (Å²) in [5.74, 6) is 1.16. The topological polar surface area (TPSA) is 33.1 Å². The zero-order valence-corrected chi connectivity index (χ0v) is 14.5. The lowest BCUT2D eigenvalue weighted by Gasteiger charge is -2.31. The lowest BCUT2D eigenvalue weighted by atomic mass is 9.97. The molecular formula is C18H23ClN4. The van der Waals surface area contributed by atoms with E-state index in [0.717, 1.165) is 36.0 Å². The number of nitrogens with zero attached hydrogens (tertiary/aromatic N) is 3. The standard InChI is InChI=1S/C18H23ClN4/c1-12-6-7-13(19)11-16(12)23-18-14(8-9-20-18)17(21-23)15-5-3-4-10-22(15)2/h6-7,11,15,20H,3-5,8-10H2,1-2H3. The Labute approximate surface area is 142 Å². The molecular weight excluding hydrogens is 308 g/mol. The number of aromatic nitrogens is 2. The summed E-state index contributed by atoms with van der Waals surface area (Å²) in [5.41, 5.74) is 4.92. The SMILES string of the molecule is Cc1ccc(Cl)cc1-n1nc(C2CCCCN2C)c2c1NCC2. The fourth-order valence-electron chi connectivity index (χ4n) is 3.87. The van der Waals surface area contributed by atoms with Crippen molar-refractivity contribution in [3.8, 4) is 5.69 Å². The van der Waals surface area contributed by atoms with Gasteiger partial charge < -0.3 is 5.32 Å². The highest BCUT2D eigenvalue weighted by molar-refractivity contribution is 6.30. The zero-order valence-electron chi connectivity index (χ0n) is 13.8. The van der Waals surface area contributed by atoms with Gasteiger partial charge in [-0.3, -0.25) is 4.90 Å². The maximum Gasteiger partial charge on any atom is 0.133 e. The van der Waals surface area contributed by atoms with E-state index < -0.39 is 0 Å². The summed E-state index contributed by atoms with van der Waals surface area (Å²) in [6.07, 6.45) is 4.85. The molecule has 2 aliphatic heterocycles. The number of aryl methyl sites for hydroxylation is 1. The van der Waals surface area contributed by atoms with Crippen LogP contribution in [0.3, 0.4) is 0 Å². The first-order valence-electron chi connectivity index (χ1n) is 8.47. The van der Waals surface area contributed by atoms with Gasteiger partial charge in [0.05, 0.1) is 17.4 Å². The van der Waals surface area contributed by atoms with Crippen LogP contribution in [0.15, 0.2) is 18.2 Å². The van der Waals surface area contributed by atoms with Gasteiger partial charge in [-0.2, -0.15) is 5.10 Å². The lowest BCUT2D eigenvalue weighted by Crippen LogP contribution is -2.30. The van der Waals surface area contributed by atoms with Crippen LogP contribution in [0.25, 0.3) is 5.69 Å². The molecule has 1 aromatic heterocycles. The van der Waals surface area contributed by atoms with E-state index in [-0.39, 0.29) is 0 Å². The number of hydrogen-bond acceptors (Lipinski definition) is 3. The van der Waals surface area contributed by atoms with E-state index in [2.05, 4.69) is 34.9 Å². The molecule has 0 aliphatic carbocycles. The smallest absolute Gasteiger partial charge is 0.133 e. The minimum absolute atomic E-state index is 0.443. The van der Waals surface area contributed by atoms with E-state index in [1.54, 1.807) is 0 Å². The lowest BCUT2D eigenvalue weighted by molar-refractivity contribution is 0.182. The molecule has 4 rings (SSSR count). The first-order chi connectivity index (χ1) is 11.1. The molecule has 5 heteroatoms. The summed E-state index contributed by atoms with van der Waals surface area (Å²) in [7, 11) is 2.22. The Morgan fingerprint density at radius 2 is 2.17 bits per heavy atom. The van der Waals surface area contributed by atoms with Crippen LogP contribution in [-0.2, 0) is 6.42 Å². The van der Waals surface area contributed by atoms with E-state index in [0.29, 0.717) is 6.04 Å². The number of rotatable bonds is 2. The minimum atomic E-state index is 0.443. The van der Waals surface area contributed by atoms with Crippen LogP contribution in [0, 0.1) is 6.92 Å². The largest absolute Gasteiger partial charge is 0.369 e. The first-order valence-corrected chi connectivity index (χ1v) is 8.85. The predicted molar refractivity (Wildman–Crippen MR) is 94.7 cm³/mol. The number of likely N-dealkylation sites (tertiary alicyclic amines) is 1. The van der Waals surface area contributed by atoms with E-state index in [1.165, 1.54) is 36.1 Å². The maximum atomic E-state index is 6.23. The summed E-state index contributed by atoms with van der Waals surface area (Å²) in [4.78, 5) is 2.46. The average Bonchev–Trinajstić information content (AvgIpc) is 3.13. The molecule has 122 valence electrons. The van der Waals surface area contributed by atoms with Gasteiger partial charge in [0.25, 0.3) is 0 Å². The number of nitrogens with one attached hydrogen (secondary N) is 1. The van der Waals surface area contributed by atoms with Gasteiger partial charge in [-0.25, -0.2) is 4.68 Å². The molecule has 1 fully saturated rings. The van der Waals surface area contributed by atoms with Crippen molar-refractivity contribution in [1.82, 2.24) is 14.7 Å². The Bertz CT molecular complexity index is 737. The van der Waals surface area contributed by atoms with Gasteiger partial charge in [0.15, 0.2) is 0 Å². The quantitative estimate of drug-likeness (QED) is 0.904. The third-order valence-corrected chi connectivity index (χ3v) is 5.40. The van der Waals surface area contributed by atoms with Crippen molar-refractivity contribution in [1.29, 1.82) is 0 Å². The molecule has 1 N–H and O–H groups in total. The van der Waals surface area contributed by atoms with Crippen molar-refractivity contribution in [2.24, 2.45) is 0 Å². The first kappa shape index (κ1) is 15.0. The molecule has 0 saturated carbocycles. The van der Waals surface area contributed by atoms with Crippen LogP contribution >= 0.6 is 11.6 Å². The van der Waals surface area contributed by atoms with Crippen LogP contribution in [0.5, 0.6) is 0 Å². The zero-order chi connectivity index (χ0) is 16.0. The Balaban J connectivity index is 1.83. The minimum Gasteiger partial charge on any atom is -0.369 e. The molecule has 0 amide bonds. The van der Waals surface area contributed by atoms with Gasteiger partial charge in [-0.05, 0) is 57.5 Å². The molecule has 2 aromatic rings. The molecule has 23 heavy (non-hydrogen) atoms. The third-order valence-electron chi connectivity index (χ3n) is 5.17. The summed E-state index contributed by atoms with van der Waals surface area (Å²) < 4.78 is 2.07. The Morgan fingerprint density at radius 1 is 1.30 bits per heavy atom. The van der Waals surface area contributed by atoms with Crippen molar-refractivity contribution in [2.75, 3.05) is 25.5 Å². The van der Waals surface area contributed by atoms with E-state index in [9.17, 15) is 0 Å². The summed E-state index contributed by atoms with van der Waals surface area (Å²) in [6.45, 7) is 4.27. The highest BCUT2D eigenvalue weighted by Crippen LogP contribution is 2.38. The molecule has 2 aliphatic rings. The highest BCUT2D eigenvalue weighted by Gasteiger charge is 2.31. The van der Waals surface area contributed by atoms with Crippen molar-refractivity contribution < 1.29 is 0 Å². The fourth-order valence-corrected chi connectivity index (χ4v) is 4.04. The second kappa shape index (κ2) is 5.84. The van der Waals surface area contributed by atoms with E-state index in [4.69, 9.17) is 16.7 Å². The van der Waals surface area contributed by atoms with Gasteiger partial charge >= 0.3 is 0 Å². The van der Waals surface area contributed by atoms with E-state index >= 15 is 0 Å². The number of piperidine rings is 1. The van der Waals surface area contributed by atoms with Crippen molar-refractivity contribution in [2.45, 2.75) is 38.6 Å². The second-order valence-electron chi connectivity index (χ2n) is 6.72. The number of anilines is 1. The second-order valence-corrected chi connectivity index (χ2v) is 7.16. The molecule has 0 radical (unpaired) electrons. The molecule has 1 unspecified atom stereocenters. The molecule has 1 atom stereocenters. The summed E-state index contributed by atoms with van der Waals surface area (Å²) >= 11 is 6.23. The Kier molecular flexibility index (Phi) is 3.82. The summed E-state index contributed by atoms with van der Waals surface area (Å²) in [6, 6.07) is 6.46. The van der Waals surface area contributed by atoms with Crippen LogP contribution in [-0.4, -0.2) is 34.8 Å². The van der Waals surface area contributed by atoms with Gasteiger partial charge in [-0.1, -0.05) is 24.1 Å². The maximum absolute atomic E-state index is 6.23. The van der Waals surface area contributed by atoms with Crippen molar-refractivity contribution >= 4 is 17.4 Å². The number of halogens is 1. The van der Waals surface area contributed by atoms with E-state index in [1.807, 2.05) is 12.1 Å². The Hall–Kier alpha value is -1.52. The van der Waals surface area contributed by atoms with Crippen LogP contribution < -0.4 is 5.32 Å². The van der Waals surface area contributed by atoms with Crippen LogP contribution in [0.1, 0.15) is 42.1 Å². The van der Waals surface area contributed by atoms with Gasteiger partial charge in [0.2, 0.25) is 0 Å². The summed E-state index contributed by atoms with van der Waals surface area (Å²) in [5, 5.41) is 9.31. The van der Waals surface area contributed by atoms with Gasteiger partial charge in [0, 0.05) is 17.1 Å². The van der Waals surface area contributed by atoms with Gasteiger partial charge in [-0.15, -0.1) is 0 Å². The molecule has 1 aromatic carbocycles. The highest BCUT2D eigenvalue weighted by atomic mass is 35.5. The van der Waals surface area contributed by atoms with Crippen LogP contribution in [0.4, 0.5) is 5.82 Å². The molecule has 0 spiro atoms. The third kappa shape index (κ3) is 2.54. The van der Waals surface area contributed by atoms with Gasteiger partial charge in [0.1, 0.15) is 5.82 Å². The molecule has 1 saturated heterocycles. The molecule has 3 heterocycles. The fraction of sp³-hybridized carbons (Fsp3) is 0.500. The number of hydrogen-bond donors (Lipinski definition) is 1. The average molecular weight is 331 g/mol. The Morgan fingerprint density at radius 3 is 3.00 bits per heavy atom. The van der Waals surface area contributed by atoms with Crippen molar-refractivity contribution in [3.63, 3.8) is 0 Å². The normalized spacial score (nSPS) is 21.3. The number of benzene rings is 1. The monoisotopic (exact) mass is 330 g/mol. The molecule has 4 nitrogen and oxygen atoms in total. The van der Waals surface area contributed by atoms with Crippen LogP contribution in [0.2, 0.25) is 5.02 Å².